The van der Waals surface area contributed by atoms with E-state index in [1.54, 1.807) is 11.4 Å². The molecule has 1 saturated heterocycles. The third-order valence-corrected chi connectivity index (χ3v) is 4.94. The molecule has 2 rings (SSSR count). The van der Waals surface area contributed by atoms with Crippen LogP contribution in [0.5, 0.6) is 0 Å². The third kappa shape index (κ3) is 6.93. The zero-order valence-corrected chi connectivity index (χ0v) is 16.4. The van der Waals surface area contributed by atoms with Crippen LogP contribution in [0.4, 0.5) is 0 Å². The molecule has 1 atom stereocenters. The molecule has 1 aliphatic heterocycles. The number of piperidine rings is 1. The van der Waals surface area contributed by atoms with E-state index in [-0.39, 0.29) is 42.6 Å². The molecule has 2 heterocycles. The lowest BCUT2D eigenvalue weighted by atomic mass is 10.0. The minimum absolute atomic E-state index is 0. The quantitative estimate of drug-likeness (QED) is 0.606. The highest BCUT2D eigenvalue weighted by atomic mass is 35.5. The van der Waals surface area contributed by atoms with Crippen molar-refractivity contribution in [1.29, 1.82) is 0 Å². The van der Waals surface area contributed by atoms with Gasteiger partial charge in [-0.15, -0.1) is 12.4 Å². The van der Waals surface area contributed by atoms with Crippen molar-refractivity contribution in [2.24, 2.45) is 5.73 Å². The van der Waals surface area contributed by atoms with Crippen LogP contribution in [0.2, 0.25) is 0 Å². The van der Waals surface area contributed by atoms with Crippen molar-refractivity contribution >= 4 is 41.5 Å². The fraction of sp³-hybridized carbons (Fsp3) is 0.588. The first-order chi connectivity index (χ1) is 12.1. The molecule has 0 aliphatic carbocycles. The smallest absolute Gasteiger partial charge is 0.252 e. The van der Waals surface area contributed by atoms with Crippen molar-refractivity contribution in [3.63, 3.8) is 0 Å². The number of carbonyl (C=O) groups excluding carboxylic acids is 3. The minimum Gasteiger partial charge on any atom is -0.354 e. The van der Waals surface area contributed by atoms with Gasteiger partial charge < -0.3 is 21.3 Å². The van der Waals surface area contributed by atoms with E-state index in [4.69, 9.17) is 5.73 Å². The standard InChI is InChI=1S/C17H26N4O3S.ClH/c18-7-4-15(22)20-11-14-3-1-2-9-21(14)16(23)5-8-19-17(24)13-6-10-25-12-13;/h6,10,12,14H,1-5,7-9,11,18H2,(H,19,24)(H,20,22);1H. The number of nitrogens with two attached hydrogens (primary N) is 1. The highest BCUT2D eigenvalue weighted by Crippen LogP contribution is 2.17. The molecule has 0 bridgehead atoms. The molecule has 1 aromatic heterocycles. The molecule has 3 amide bonds. The largest absolute Gasteiger partial charge is 0.354 e. The van der Waals surface area contributed by atoms with Gasteiger partial charge in [0.15, 0.2) is 0 Å². The van der Waals surface area contributed by atoms with Gasteiger partial charge in [0.25, 0.3) is 5.91 Å². The Kier molecular flexibility index (Phi) is 10.2. The first-order valence-electron chi connectivity index (χ1n) is 8.68. The molecular formula is C17H27ClN4O3S. The predicted molar refractivity (Wildman–Crippen MR) is 105 cm³/mol. The van der Waals surface area contributed by atoms with Crippen LogP contribution in [0.15, 0.2) is 16.8 Å². The van der Waals surface area contributed by atoms with E-state index in [0.29, 0.717) is 38.2 Å². The van der Waals surface area contributed by atoms with Crippen molar-refractivity contribution < 1.29 is 14.4 Å². The highest BCUT2D eigenvalue weighted by Gasteiger charge is 2.26. The minimum atomic E-state index is -0.154. The van der Waals surface area contributed by atoms with E-state index in [2.05, 4.69) is 10.6 Å². The molecule has 26 heavy (non-hydrogen) atoms. The van der Waals surface area contributed by atoms with Crippen LogP contribution in [0.25, 0.3) is 0 Å². The average molecular weight is 403 g/mol. The Hall–Kier alpha value is -1.64. The fourth-order valence-electron chi connectivity index (χ4n) is 2.91. The molecule has 0 saturated carbocycles. The number of hydrogen-bond acceptors (Lipinski definition) is 5. The summed E-state index contributed by atoms with van der Waals surface area (Å²) in [6, 6.07) is 1.78. The number of thiophene rings is 1. The summed E-state index contributed by atoms with van der Waals surface area (Å²) in [7, 11) is 0. The van der Waals surface area contributed by atoms with Crippen LogP contribution in [0.3, 0.4) is 0 Å². The Morgan fingerprint density at radius 3 is 2.73 bits per heavy atom. The number of amides is 3. The van der Waals surface area contributed by atoms with E-state index in [9.17, 15) is 14.4 Å². The molecule has 0 spiro atoms. The summed E-state index contributed by atoms with van der Waals surface area (Å²) < 4.78 is 0. The number of halogens is 1. The summed E-state index contributed by atoms with van der Waals surface area (Å²) in [5.74, 6) is -0.217. The maximum absolute atomic E-state index is 12.5. The van der Waals surface area contributed by atoms with Gasteiger partial charge in [-0.2, -0.15) is 11.3 Å². The van der Waals surface area contributed by atoms with Crippen LogP contribution in [0, 0.1) is 0 Å². The normalized spacial score (nSPS) is 16.5. The van der Waals surface area contributed by atoms with E-state index in [0.717, 1.165) is 19.3 Å². The van der Waals surface area contributed by atoms with Gasteiger partial charge >= 0.3 is 0 Å². The summed E-state index contributed by atoms with van der Waals surface area (Å²) in [5, 5.41) is 9.25. The number of likely N-dealkylation sites (tertiary alicyclic amines) is 1. The molecule has 1 aliphatic rings. The van der Waals surface area contributed by atoms with Gasteiger partial charge in [-0.05, 0) is 30.7 Å². The first-order valence-corrected chi connectivity index (χ1v) is 9.62. The molecule has 1 fully saturated rings. The molecule has 0 radical (unpaired) electrons. The summed E-state index contributed by atoms with van der Waals surface area (Å²) in [6.45, 7) is 1.81. The first kappa shape index (κ1) is 22.4. The lowest BCUT2D eigenvalue weighted by molar-refractivity contribution is -0.135. The second-order valence-electron chi connectivity index (χ2n) is 6.10. The van der Waals surface area contributed by atoms with Gasteiger partial charge in [-0.1, -0.05) is 0 Å². The zero-order chi connectivity index (χ0) is 18.1. The number of nitrogens with zero attached hydrogens (tertiary/aromatic N) is 1. The Balaban J connectivity index is 0.00000338. The SMILES string of the molecule is Cl.NCCC(=O)NCC1CCCCN1C(=O)CCNC(=O)c1ccsc1. The maximum Gasteiger partial charge on any atom is 0.252 e. The molecular weight excluding hydrogens is 376 g/mol. The number of carbonyl (C=O) groups is 3. The van der Waals surface area contributed by atoms with Crippen LogP contribution in [0.1, 0.15) is 42.5 Å². The van der Waals surface area contributed by atoms with Crippen molar-refractivity contribution in [2.75, 3.05) is 26.2 Å². The monoisotopic (exact) mass is 402 g/mol. The van der Waals surface area contributed by atoms with Crippen LogP contribution in [-0.2, 0) is 9.59 Å². The van der Waals surface area contributed by atoms with Gasteiger partial charge in [0.1, 0.15) is 0 Å². The lowest BCUT2D eigenvalue weighted by Gasteiger charge is -2.36. The lowest BCUT2D eigenvalue weighted by Crippen LogP contribution is -2.50. The number of hydrogen-bond donors (Lipinski definition) is 3. The van der Waals surface area contributed by atoms with E-state index in [1.165, 1.54) is 11.3 Å². The Morgan fingerprint density at radius 1 is 1.23 bits per heavy atom. The van der Waals surface area contributed by atoms with E-state index >= 15 is 0 Å². The Bertz CT molecular complexity index is 583. The van der Waals surface area contributed by atoms with Crippen LogP contribution < -0.4 is 16.4 Å². The number of rotatable bonds is 8. The van der Waals surface area contributed by atoms with Crippen LogP contribution in [-0.4, -0.2) is 54.8 Å². The molecule has 1 aromatic rings. The van der Waals surface area contributed by atoms with E-state index < -0.39 is 0 Å². The van der Waals surface area contributed by atoms with Crippen molar-refractivity contribution in [1.82, 2.24) is 15.5 Å². The van der Waals surface area contributed by atoms with E-state index in [1.807, 2.05) is 10.3 Å². The van der Waals surface area contributed by atoms with Gasteiger partial charge in [0.2, 0.25) is 11.8 Å². The van der Waals surface area contributed by atoms with Crippen molar-refractivity contribution in [3.05, 3.63) is 22.4 Å². The topological polar surface area (TPSA) is 105 Å². The zero-order valence-electron chi connectivity index (χ0n) is 14.7. The second-order valence-corrected chi connectivity index (χ2v) is 6.88. The summed E-state index contributed by atoms with van der Waals surface area (Å²) in [4.78, 5) is 37.8. The van der Waals surface area contributed by atoms with Gasteiger partial charge in [0.05, 0.1) is 0 Å². The molecule has 0 aromatic carbocycles. The molecule has 9 heteroatoms. The Labute approximate surface area is 164 Å². The average Bonchev–Trinajstić information content (AvgIpc) is 3.15. The number of nitrogens with one attached hydrogen (secondary N) is 2. The summed E-state index contributed by atoms with van der Waals surface area (Å²) in [5.41, 5.74) is 5.99. The van der Waals surface area contributed by atoms with Gasteiger partial charge in [-0.3, -0.25) is 14.4 Å². The summed E-state index contributed by atoms with van der Waals surface area (Å²) in [6.07, 6.45) is 3.48. The van der Waals surface area contributed by atoms with Crippen LogP contribution >= 0.6 is 23.7 Å². The molecule has 7 nitrogen and oxygen atoms in total. The third-order valence-electron chi connectivity index (χ3n) is 4.26. The maximum atomic E-state index is 12.5. The highest BCUT2D eigenvalue weighted by molar-refractivity contribution is 7.08. The summed E-state index contributed by atoms with van der Waals surface area (Å²) >= 11 is 1.46. The molecule has 1 unspecified atom stereocenters. The second kappa shape index (κ2) is 11.9. The Morgan fingerprint density at radius 2 is 2.04 bits per heavy atom. The van der Waals surface area contributed by atoms with Crippen molar-refractivity contribution in [2.45, 2.75) is 38.1 Å². The fourth-order valence-corrected chi connectivity index (χ4v) is 3.55. The predicted octanol–water partition coefficient (Wildman–Crippen LogP) is 1.14. The van der Waals surface area contributed by atoms with Gasteiger partial charge in [0, 0.05) is 56.0 Å². The van der Waals surface area contributed by atoms with Gasteiger partial charge in [-0.25, -0.2) is 0 Å². The molecule has 146 valence electrons. The van der Waals surface area contributed by atoms with Crippen molar-refractivity contribution in [3.8, 4) is 0 Å². The molecule has 4 N–H and O–H groups in total.